The van der Waals surface area contributed by atoms with Crippen molar-refractivity contribution in [3.63, 3.8) is 0 Å². The molecule has 0 aliphatic heterocycles. The lowest BCUT2D eigenvalue weighted by Crippen LogP contribution is -2.34. The molecule has 6 nitrogen and oxygen atoms in total. The van der Waals surface area contributed by atoms with Crippen LogP contribution in [0.2, 0.25) is 10.0 Å². The number of hydrogen-bond acceptors (Lipinski definition) is 3. The number of anilines is 1. The Kier molecular flexibility index (Phi) is 6.08. The Hall–Kier alpha value is -0.540. The maximum Gasteiger partial charge on any atom is 0.304 e. The number of halogens is 3. The van der Waals surface area contributed by atoms with Crippen molar-refractivity contribution in [3.8, 4) is 0 Å². The van der Waals surface area contributed by atoms with E-state index in [4.69, 9.17) is 28.3 Å². The van der Waals surface area contributed by atoms with Gasteiger partial charge in [0.25, 0.3) is 0 Å². The first-order valence-electron chi connectivity index (χ1n) is 5.24. The van der Waals surface area contributed by atoms with Gasteiger partial charge in [0.2, 0.25) is 0 Å². The summed E-state index contributed by atoms with van der Waals surface area (Å²) in [6, 6.07) is 2.98. The summed E-state index contributed by atoms with van der Waals surface area (Å²) >= 11 is 15.0. The molecular weight excluding hydrogens is 395 g/mol. The maximum absolute atomic E-state index is 12.0. The first-order chi connectivity index (χ1) is 9.13. The number of rotatable bonds is 6. The molecule has 1 aromatic rings. The lowest BCUT2D eigenvalue weighted by Gasteiger charge is -2.18. The van der Waals surface area contributed by atoms with Crippen LogP contribution < -0.4 is 4.72 Å². The van der Waals surface area contributed by atoms with Crippen LogP contribution in [0.25, 0.3) is 0 Å². The van der Waals surface area contributed by atoms with E-state index in [2.05, 4.69) is 20.7 Å². The number of nitrogens with one attached hydrogen (secondary N) is 1. The van der Waals surface area contributed by atoms with E-state index in [0.29, 0.717) is 4.47 Å². The minimum absolute atomic E-state index is 0.0405. The van der Waals surface area contributed by atoms with Gasteiger partial charge in [-0.2, -0.15) is 12.7 Å². The number of hydrogen-bond donors (Lipinski definition) is 2. The highest BCUT2D eigenvalue weighted by Gasteiger charge is 2.21. The zero-order valence-corrected chi connectivity index (χ0v) is 14.1. The van der Waals surface area contributed by atoms with Gasteiger partial charge in [-0.05, 0) is 12.1 Å². The third-order valence-corrected chi connectivity index (χ3v) is 4.81. The van der Waals surface area contributed by atoms with Crippen LogP contribution in [0.1, 0.15) is 6.42 Å². The zero-order chi connectivity index (χ0) is 15.5. The lowest BCUT2D eigenvalue weighted by atomic mass is 10.3. The Balaban J connectivity index is 2.94. The molecule has 0 heterocycles. The van der Waals surface area contributed by atoms with E-state index >= 15 is 0 Å². The SMILES string of the molecule is CN(CCC(=O)O)S(=O)(=O)Nc1c(Cl)cc(Br)cc1Cl. The van der Waals surface area contributed by atoms with Crippen molar-refractivity contribution in [1.29, 1.82) is 0 Å². The number of nitrogens with zero attached hydrogens (tertiary/aromatic N) is 1. The van der Waals surface area contributed by atoms with Gasteiger partial charge in [0, 0.05) is 18.1 Å². The second kappa shape index (κ2) is 6.95. The van der Waals surface area contributed by atoms with Gasteiger partial charge in [-0.15, -0.1) is 0 Å². The summed E-state index contributed by atoms with van der Waals surface area (Å²) in [6.45, 7) is -0.170. The first-order valence-corrected chi connectivity index (χ1v) is 8.23. The Morgan fingerprint density at radius 1 is 1.40 bits per heavy atom. The van der Waals surface area contributed by atoms with E-state index in [0.717, 1.165) is 4.31 Å². The fourth-order valence-electron chi connectivity index (χ4n) is 1.22. The highest BCUT2D eigenvalue weighted by molar-refractivity contribution is 9.10. The van der Waals surface area contributed by atoms with E-state index in [1.165, 1.54) is 19.2 Å². The molecule has 0 spiro atoms. The highest BCUT2D eigenvalue weighted by atomic mass is 79.9. The number of aliphatic carboxylic acids is 1. The second-order valence-electron chi connectivity index (χ2n) is 3.82. The van der Waals surface area contributed by atoms with Gasteiger partial charge in [-0.3, -0.25) is 9.52 Å². The standard InChI is InChI=1S/C10H11BrCl2N2O4S/c1-15(3-2-9(16)17)20(18,19)14-10-7(12)4-6(11)5-8(10)13/h4-5,14H,2-3H2,1H3,(H,16,17). The summed E-state index contributed by atoms with van der Waals surface area (Å²) in [5.74, 6) is -1.09. The largest absolute Gasteiger partial charge is 0.481 e. The van der Waals surface area contributed by atoms with Crippen LogP contribution in [0.15, 0.2) is 16.6 Å². The number of benzene rings is 1. The molecule has 0 atom stereocenters. The van der Waals surface area contributed by atoms with Gasteiger partial charge >= 0.3 is 16.2 Å². The fourth-order valence-corrected chi connectivity index (χ4v) is 3.60. The maximum atomic E-state index is 12.0. The first kappa shape index (κ1) is 17.5. The number of carboxylic acid groups (broad SMARTS) is 1. The van der Waals surface area contributed by atoms with E-state index in [-0.39, 0.29) is 28.7 Å². The molecule has 0 bridgehead atoms. The quantitative estimate of drug-likeness (QED) is 0.761. The van der Waals surface area contributed by atoms with E-state index in [1.54, 1.807) is 0 Å². The van der Waals surface area contributed by atoms with Crippen molar-refractivity contribution >= 4 is 61.0 Å². The molecule has 2 N–H and O–H groups in total. The summed E-state index contributed by atoms with van der Waals surface area (Å²) in [5, 5.41) is 8.80. The van der Waals surface area contributed by atoms with Crippen LogP contribution in [0, 0.1) is 0 Å². The molecule has 0 saturated heterocycles. The monoisotopic (exact) mass is 404 g/mol. The van der Waals surface area contributed by atoms with Crippen LogP contribution in [-0.4, -0.2) is 37.4 Å². The zero-order valence-electron chi connectivity index (χ0n) is 10.2. The molecule has 0 saturated carbocycles. The van der Waals surface area contributed by atoms with Crippen LogP contribution in [0.4, 0.5) is 5.69 Å². The molecule has 0 aromatic heterocycles. The minimum atomic E-state index is -3.93. The van der Waals surface area contributed by atoms with Crippen LogP contribution in [0.5, 0.6) is 0 Å². The summed E-state index contributed by atoms with van der Waals surface area (Å²) in [5.41, 5.74) is 0.0405. The Labute approximate surface area is 135 Å². The van der Waals surface area contributed by atoms with E-state index < -0.39 is 16.2 Å². The Bertz CT molecular complexity index is 601. The van der Waals surface area contributed by atoms with Crippen molar-refractivity contribution in [1.82, 2.24) is 4.31 Å². The summed E-state index contributed by atoms with van der Waals surface area (Å²) in [6.07, 6.45) is -0.306. The number of carboxylic acids is 1. The average Bonchev–Trinajstić information content (AvgIpc) is 2.30. The van der Waals surface area contributed by atoms with Crippen LogP contribution in [0.3, 0.4) is 0 Å². The Morgan fingerprint density at radius 2 is 1.90 bits per heavy atom. The molecule has 0 aliphatic rings. The third kappa shape index (κ3) is 4.78. The minimum Gasteiger partial charge on any atom is -0.481 e. The van der Waals surface area contributed by atoms with Gasteiger partial charge in [0.1, 0.15) is 0 Å². The summed E-state index contributed by atoms with van der Waals surface area (Å²) in [7, 11) is -2.68. The fraction of sp³-hybridized carbons (Fsp3) is 0.300. The average molecular weight is 406 g/mol. The molecule has 0 aliphatic carbocycles. The van der Waals surface area contributed by atoms with Gasteiger partial charge in [-0.1, -0.05) is 39.1 Å². The van der Waals surface area contributed by atoms with Gasteiger partial charge in [0.05, 0.1) is 22.2 Å². The summed E-state index contributed by atoms with van der Waals surface area (Å²) in [4.78, 5) is 10.4. The highest BCUT2D eigenvalue weighted by Crippen LogP contribution is 2.34. The molecule has 0 unspecified atom stereocenters. The number of carbonyl (C=O) groups is 1. The predicted octanol–water partition coefficient (Wildman–Crippen LogP) is 2.82. The molecule has 112 valence electrons. The van der Waals surface area contributed by atoms with E-state index in [1.807, 2.05) is 0 Å². The molecule has 0 amide bonds. The van der Waals surface area contributed by atoms with Crippen molar-refractivity contribution in [2.45, 2.75) is 6.42 Å². The third-order valence-electron chi connectivity index (χ3n) is 2.29. The molecule has 0 radical (unpaired) electrons. The van der Waals surface area contributed by atoms with Gasteiger partial charge < -0.3 is 5.11 Å². The molecule has 1 rings (SSSR count). The van der Waals surface area contributed by atoms with Crippen molar-refractivity contribution in [3.05, 3.63) is 26.7 Å². The smallest absolute Gasteiger partial charge is 0.304 e. The molecule has 0 fully saturated rings. The van der Waals surface area contributed by atoms with Crippen LogP contribution in [-0.2, 0) is 15.0 Å². The van der Waals surface area contributed by atoms with Crippen LogP contribution >= 0.6 is 39.1 Å². The van der Waals surface area contributed by atoms with Gasteiger partial charge in [0.15, 0.2) is 0 Å². The van der Waals surface area contributed by atoms with Crippen molar-refractivity contribution in [2.75, 3.05) is 18.3 Å². The van der Waals surface area contributed by atoms with E-state index in [9.17, 15) is 13.2 Å². The normalized spacial score (nSPS) is 11.7. The molecule has 1 aromatic carbocycles. The van der Waals surface area contributed by atoms with Crippen molar-refractivity contribution < 1.29 is 18.3 Å². The van der Waals surface area contributed by atoms with Gasteiger partial charge in [-0.25, -0.2) is 0 Å². The molecule has 20 heavy (non-hydrogen) atoms. The topological polar surface area (TPSA) is 86.7 Å². The molecule has 10 heteroatoms. The Morgan fingerprint density at radius 3 is 2.35 bits per heavy atom. The second-order valence-corrected chi connectivity index (χ2v) is 7.32. The van der Waals surface area contributed by atoms with Crippen molar-refractivity contribution in [2.24, 2.45) is 0 Å². The molecular formula is C10H11BrCl2N2O4S. The predicted molar refractivity (Wildman–Crippen MR) is 81.6 cm³/mol. The lowest BCUT2D eigenvalue weighted by molar-refractivity contribution is -0.137. The summed E-state index contributed by atoms with van der Waals surface area (Å²) < 4.78 is 27.7.